The van der Waals surface area contributed by atoms with Crippen molar-refractivity contribution in [2.24, 2.45) is 0 Å². The zero-order valence-electron chi connectivity index (χ0n) is 10.8. The van der Waals surface area contributed by atoms with Gasteiger partial charge in [0.2, 0.25) is 0 Å². The largest absolute Gasteiger partial charge is 0.365 e. The molecular weight excluding hydrogens is 246 g/mol. The van der Waals surface area contributed by atoms with Gasteiger partial charge in [-0.2, -0.15) is 5.26 Å². The summed E-state index contributed by atoms with van der Waals surface area (Å²) >= 11 is 6.05. The molecule has 0 aliphatic carbocycles. The smallest absolute Gasteiger partial charge is 0.0643 e. The summed E-state index contributed by atoms with van der Waals surface area (Å²) in [6, 6.07) is 10.9. The van der Waals surface area contributed by atoms with Gasteiger partial charge < -0.3 is 4.90 Å². The van der Waals surface area contributed by atoms with Gasteiger partial charge in [0.15, 0.2) is 0 Å². The second kappa shape index (κ2) is 5.60. The zero-order valence-corrected chi connectivity index (χ0v) is 11.6. The molecule has 4 heteroatoms. The predicted molar refractivity (Wildman–Crippen MR) is 74.9 cm³/mol. The van der Waals surface area contributed by atoms with E-state index in [0.717, 1.165) is 23.8 Å². The van der Waals surface area contributed by atoms with Crippen LogP contribution in [-0.4, -0.2) is 37.1 Å². The van der Waals surface area contributed by atoms with Crippen molar-refractivity contribution in [2.75, 3.05) is 25.0 Å². The molecule has 0 bridgehead atoms. The van der Waals surface area contributed by atoms with E-state index in [4.69, 9.17) is 16.9 Å². The summed E-state index contributed by atoms with van der Waals surface area (Å²) in [6.45, 7) is 4.06. The van der Waals surface area contributed by atoms with Gasteiger partial charge in [-0.25, -0.2) is 0 Å². The van der Waals surface area contributed by atoms with Crippen LogP contribution in [-0.2, 0) is 0 Å². The van der Waals surface area contributed by atoms with Gasteiger partial charge in [-0.3, -0.25) is 4.90 Å². The fraction of sp³-hybridized carbons (Fsp3) is 0.500. The lowest BCUT2D eigenvalue weighted by Gasteiger charge is -2.44. The molecule has 2 rings (SSSR count). The van der Waals surface area contributed by atoms with E-state index in [0.29, 0.717) is 12.5 Å². The van der Waals surface area contributed by atoms with Gasteiger partial charge in [-0.05, 0) is 32.2 Å². The topological polar surface area (TPSA) is 30.3 Å². The molecule has 0 spiro atoms. The molecule has 1 aromatic rings. The first-order chi connectivity index (χ1) is 8.61. The quantitative estimate of drug-likeness (QED) is 0.822. The normalized spacial score (nSPS) is 24.9. The van der Waals surface area contributed by atoms with Crippen LogP contribution < -0.4 is 4.90 Å². The Morgan fingerprint density at radius 1 is 1.44 bits per heavy atom. The Labute approximate surface area is 114 Å². The van der Waals surface area contributed by atoms with Crippen LogP contribution in [0.15, 0.2) is 24.3 Å². The molecule has 1 heterocycles. The molecule has 1 aromatic carbocycles. The van der Waals surface area contributed by atoms with Crippen molar-refractivity contribution in [1.82, 2.24) is 4.90 Å². The van der Waals surface area contributed by atoms with Crippen LogP contribution >= 0.6 is 11.6 Å². The highest BCUT2D eigenvalue weighted by atomic mass is 35.5. The number of nitriles is 1. The first-order valence-corrected chi connectivity index (χ1v) is 6.59. The number of hydrogen-bond donors (Lipinski definition) is 0. The van der Waals surface area contributed by atoms with Crippen LogP contribution in [0.4, 0.5) is 5.69 Å². The van der Waals surface area contributed by atoms with Crippen LogP contribution in [0, 0.1) is 11.3 Å². The molecule has 0 saturated carbocycles. The van der Waals surface area contributed by atoms with Crippen molar-refractivity contribution in [3.63, 3.8) is 0 Å². The van der Waals surface area contributed by atoms with Gasteiger partial charge in [-0.15, -0.1) is 0 Å². The van der Waals surface area contributed by atoms with Crippen LogP contribution in [0.2, 0.25) is 5.02 Å². The number of hydrogen-bond acceptors (Lipinski definition) is 3. The van der Waals surface area contributed by atoms with E-state index in [1.807, 2.05) is 18.2 Å². The van der Waals surface area contributed by atoms with Crippen molar-refractivity contribution in [1.29, 1.82) is 5.26 Å². The third-order valence-electron chi connectivity index (χ3n) is 3.62. The van der Waals surface area contributed by atoms with Crippen molar-refractivity contribution in [3.05, 3.63) is 29.3 Å². The maximum Gasteiger partial charge on any atom is 0.0643 e. The summed E-state index contributed by atoms with van der Waals surface area (Å²) in [7, 11) is 2.12. The number of nitrogens with zero attached hydrogens (tertiary/aromatic N) is 3. The lowest BCUT2D eigenvalue weighted by Crippen LogP contribution is -2.56. The lowest BCUT2D eigenvalue weighted by atomic mass is 10.0. The van der Waals surface area contributed by atoms with Crippen molar-refractivity contribution in [2.45, 2.75) is 25.4 Å². The average molecular weight is 264 g/mol. The second-order valence-corrected chi connectivity index (χ2v) is 5.37. The molecule has 1 saturated heterocycles. The molecule has 0 aromatic heterocycles. The number of likely N-dealkylation sites (N-methyl/N-ethyl adjacent to an activating group) is 1. The fourth-order valence-corrected chi connectivity index (χ4v) is 2.62. The van der Waals surface area contributed by atoms with E-state index in [1.165, 1.54) is 0 Å². The molecule has 2 unspecified atom stereocenters. The number of anilines is 1. The Morgan fingerprint density at radius 2 is 2.22 bits per heavy atom. The van der Waals surface area contributed by atoms with Gasteiger partial charge >= 0.3 is 0 Å². The molecular formula is C14H18ClN3. The van der Waals surface area contributed by atoms with Crippen LogP contribution in [0.1, 0.15) is 13.3 Å². The summed E-state index contributed by atoms with van der Waals surface area (Å²) in [5.41, 5.74) is 1.11. The van der Waals surface area contributed by atoms with E-state index in [9.17, 15) is 0 Å². The van der Waals surface area contributed by atoms with Gasteiger partial charge in [0.05, 0.1) is 18.5 Å². The summed E-state index contributed by atoms with van der Waals surface area (Å²) in [6.07, 6.45) is 0.545. The minimum atomic E-state index is 0.245. The van der Waals surface area contributed by atoms with Crippen molar-refractivity contribution < 1.29 is 0 Å². The van der Waals surface area contributed by atoms with E-state index in [-0.39, 0.29) is 6.04 Å². The highest BCUT2D eigenvalue weighted by Gasteiger charge is 2.29. The molecule has 0 N–H and O–H groups in total. The third-order valence-corrected chi connectivity index (χ3v) is 3.85. The number of rotatable bonds is 2. The number of piperazine rings is 1. The summed E-state index contributed by atoms with van der Waals surface area (Å²) < 4.78 is 0. The monoisotopic (exact) mass is 263 g/mol. The molecule has 1 aliphatic heterocycles. The minimum absolute atomic E-state index is 0.245. The van der Waals surface area contributed by atoms with Gasteiger partial charge in [-0.1, -0.05) is 17.7 Å². The second-order valence-electron chi connectivity index (χ2n) is 4.94. The van der Waals surface area contributed by atoms with Crippen molar-refractivity contribution >= 4 is 17.3 Å². The Morgan fingerprint density at radius 3 is 2.89 bits per heavy atom. The predicted octanol–water partition coefficient (Wildman–Crippen LogP) is 2.76. The Hall–Kier alpha value is -1.24. The zero-order chi connectivity index (χ0) is 13.1. The van der Waals surface area contributed by atoms with E-state index in [1.54, 1.807) is 0 Å². The van der Waals surface area contributed by atoms with Crippen molar-refractivity contribution in [3.8, 4) is 6.07 Å². The highest BCUT2D eigenvalue weighted by molar-refractivity contribution is 6.30. The van der Waals surface area contributed by atoms with Gasteiger partial charge in [0, 0.05) is 29.8 Å². The molecule has 1 fully saturated rings. The summed E-state index contributed by atoms with van der Waals surface area (Å²) in [4.78, 5) is 4.61. The van der Waals surface area contributed by atoms with E-state index >= 15 is 0 Å². The molecule has 1 aliphatic rings. The van der Waals surface area contributed by atoms with E-state index < -0.39 is 0 Å². The molecule has 0 amide bonds. The standard InChI is InChI=1S/C14H18ClN3/c1-11-9-18(13-5-3-4-12(15)8-13)14(6-7-16)10-17(11)2/h3-5,8,11,14H,6,9-10H2,1-2H3. The minimum Gasteiger partial charge on any atom is -0.365 e. The lowest BCUT2D eigenvalue weighted by molar-refractivity contribution is 0.201. The average Bonchev–Trinajstić information content (AvgIpc) is 2.34. The molecule has 0 radical (unpaired) electrons. The Balaban J connectivity index is 2.25. The Bertz CT molecular complexity index is 455. The molecule has 2 atom stereocenters. The van der Waals surface area contributed by atoms with Crippen LogP contribution in [0.5, 0.6) is 0 Å². The van der Waals surface area contributed by atoms with Crippen LogP contribution in [0.25, 0.3) is 0 Å². The maximum absolute atomic E-state index is 8.97. The third kappa shape index (κ3) is 2.77. The SMILES string of the molecule is CC1CN(c2cccc(Cl)c2)C(CC#N)CN1C. The molecule has 18 heavy (non-hydrogen) atoms. The van der Waals surface area contributed by atoms with E-state index in [2.05, 4.69) is 35.9 Å². The summed E-state index contributed by atoms with van der Waals surface area (Å²) in [5.74, 6) is 0. The fourth-order valence-electron chi connectivity index (χ4n) is 2.44. The number of halogens is 1. The summed E-state index contributed by atoms with van der Waals surface area (Å²) in [5, 5.41) is 9.71. The molecule has 96 valence electrons. The van der Waals surface area contributed by atoms with Crippen LogP contribution in [0.3, 0.4) is 0 Å². The van der Waals surface area contributed by atoms with Gasteiger partial charge in [0.25, 0.3) is 0 Å². The van der Waals surface area contributed by atoms with Gasteiger partial charge in [0.1, 0.15) is 0 Å². The maximum atomic E-state index is 8.97. The number of benzene rings is 1. The Kier molecular flexibility index (Phi) is 4.11. The first kappa shape index (κ1) is 13.2. The molecule has 3 nitrogen and oxygen atoms in total. The highest BCUT2D eigenvalue weighted by Crippen LogP contribution is 2.26. The first-order valence-electron chi connectivity index (χ1n) is 6.21.